The number of H-pyrrole nitrogens is 1. The second-order valence-corrected chi connectivity index (χ2v) is 4.54. The quantitative estimate of drug-likeness (QED) is 0.724. The predicted molar refractivity (Wildman–Crippen MR) is 76.7 cm³/mol. The Morgan fingerprint density at radius 3 is 2.81 bits per heavy atom. The van der Waals surface area contributed by atoms with E-state index in [0.29, 0.717) is 10.8 Å². The molecule has 3 aromatic rings. The number of nitrogens with one attached hydrogen (secondary N) is 1. The Bertz CT molecular complexity index is 845. The molecule has 2 N–H and O–H groups in total. The lowest BCUT2D eigenvalue weighted by Crippen LogP contribution is -2.11. The van der Waals surface area contributed by atoms with E-state index in [1.54, 1.807) is 30.5 Å². The molecule has 0 aliphatic rings. The first-order valence-corrected chi connectivity index (χ1v) is 6.26. The molecule has 1 aromatic carbocycles. The normalized spacial score (nSPS) is 11.3. The van der Waals surface area contributed by atoms with E-state index in [4.69, 9.17) is 21.1 Å². The highest BCUT2D eigenvalue weighted by atomic mass is 35.5. The van der Waals surface area contributed by atoms with Gasteiger partial charge in [-0.3, -0.25) is 4.98 Å². The van der Waals surface area contributed by atoms with Gasteiger partial charge in [0, 0.05) is 10.6 Å². The molecular formula is C13H9ClN4O3. The van der Waals surface area contributed by atoms with Crippen molar-refractivity contribution in [2.75, 3.05) is 0 Å². The Kier molecular flexibility index (Phi) is 3.33. The summed E-state index contributed by atoms with van der Waals surface area (Å²) in [6.07, 6.45) is 3.96. The average molecular weight is 305 g/mol. The van der Waals surface area contributed by atoms with E-state index in [0.717, 1.165) is 16.4 Å². The van der Waals surface area contributed by atoms with Crippen molar-refractivity contribution in [2.24, 2.45) is 5.10 Å². The summed E-state index contributed by atoms with van der Waals surface area (Å²) in [5, 5.41) is 13.6. The first kappa shape index (κ1) is 13.2. The molecule has 0 atom stereocenters. The first-order chi connectivity index (χ1) is 10.1. The van der Waals surface area contributed by atoms with Gasteiger partial charge in [0.25, 0.3) is 0 Å². The summed E-state index contributed by atoms with van der Waals surface area (Å²) in [5.41, 5.74) is 0.260. The number of aromatic hydroxyl groups is 1. The zero-order valence-electron chi connectivity index (χ0n) is 10.5. The fourth-order valence-electron chi connectivity index (χ4n) is 1.67. The SMILES string of the molecule is O=c1[nH]c(O)cn1N=Cc1ncc(-c2ccc(Cl)cc2)o1. The zero-order chi connectivity index (χ0) is 14.8. The Hall–Kier alpha value is -2.80. The molecule has 2 heterocycles. The highest BCUT2D eigenvalue weighted by molar-refractivity contribution is 6.30. The molecule has 21 heavy (non-hydrogen) atoms. The van der Waals surface area contributed by atoms with E-state index < -0.39 is 5.69 Å². The van der Waals surface area contributed by atoms with E-state index in [1.807, 2.05) is 0 Å². The van der Waals surface area contributed by atoms with Gasteiger partial charge in [-0.15, -0.1) is 0 Å². The van der Waals surface area contributed by atoms with Crippen molar-refractivity contribution in [3.05, 3.63) is 58.1 Å². The number of oxazole rings is 1. The van der Waals surface area contributed by atoms with Crippen molar-refractivity contribution in [1.82, 2.24) is 14.6 Å². The van der Waals surface area contributed by atoms with E-state index in [9.17, 15) is 4.79 Å². The van der Waals surface area contributed by atoms with Crippen molar-refractivity contribution in [1.29, 1.82) is 0 Å². The monoisotopic (exact) mass is 304 g/mol. The van der Waals surface area contributed by atoms with Crippen LogP contribution in [0.2, 0.25) is 5.02 Å². The van der Waals surface area contributed by atoms with Gasteiger partial charge in [0.05, 0.1) is 12.4 Å². The lowest BCUT2D eigenvalue weighted by molar-refractivity contribution is 0.455. The molecule has 7 nitrogen and oxygen atoms in total. The van der Waals surface area contributed by atoms with Crippen LogP contribution in [0.3, 0.4) is 0 Å². The van der Waals surface area contributed by atoms with E-state index in [2.05, 4.69) is 15.1 Å². The van der Waals surface area contributed by atoms with Gasteiger partial charge < -0.3 is 9.52 Å². The first-order valence-electron chi connectivity index (χ1n) is 5.88. The van der Waals surface area contributed by atoms with Crippen LogP contribution >= 0.6 is 11.6 Å². The number of aromatic nitrogens is 3. The van der Waals surface area contributed by atoms with Crippen LogP contribution in [0, 0.1) is 0 Å². The van der Waals surface area contributed by atoms with Crippen LogP contribution in [0.1, 0.15) is 5.89 Å². The van der Waals surface area contributed by atoms with Crippen molar-refractivity contribution in [3.8, 4) is 17.2 Å². The Labute approximate surface area is 123 Å². The van der Waals surface area contributed by atoms with Gasteiger partial charge in [0.1, 0.15) is 6.21 Å². The summed E-state index contributed by atoms with van der Waals surface area (Å²) in [7, 11) is 0. The number of benzene rings is 1. The molecule has 8 heteroatoms. The Morgan fingerprint density at radius 2 is 2.14 bits per heavy atom. The maximum atomic E-state index is 11.3. The molecule has 0 aliphatic heterocycles. The van der Waals surface area contributed by atoms with Gasteiger partial charge in [-0.2, -0.15) is 9.78 Å². The van der Waals surface area contributed by atoms with Gasteiger partial charge in [0.2, 0.25) is 11.8 Å². The van der Waals surface area contributed by atoms with Gasteiger partial charge in [-0.05, 0) is 24.3 Å². The fourth-order valence-corrected chi connectivity index (χ4v) is 1.79. The van der Waals surface area contributed by atoms with Crippen LogP contribution in [0.25, 0.3) is 11.3 Å². The number of rotatable bonds is 3. The van der Waals surface area contributed by atoms with Crippen LogP contribution in [-0.4, -0.2) is 26.0 Å². The average Bonchev–Trinajstić information content (AvgIpc) is 3.04. The van der Waals surface area contributed by atoms with Gasteiger partial charge >= 0.3 is 5.69 Å². The summed E-state index contributed by atoms with van der Waals surface area (Å²) in [6, 6.07) is 7.10. The maximum Gasteiger partial charge on any atom is 0.349 e. The van der Waals surface area contributed by atoms with Crippen LogP contribution in [-0.2, 0) is 0 Å². The summed E-state index contributed by atoms with van der Waals surface area (Å²) < 4.78 is 6.42. The largest absolute Gasteiger partial charge is 0.493 e. The maximum absolute atomic E-state index is 11.3. The lowest BCUT2D eigenvalue weighted by atomic mass is 10.2. The van der Waals surface area contributed by atoms with Gasteiger partial charge in [-0.25, -0.2) is 9.78 Å². The second kappa shape index (κ2) is 5.29. The molecule has 0 aliphatic carbocycles. The minimum absolute atomic E-state index is 0.229. The molecule has 0 bridgehead atoms. The van der Waals surface area contributed by atoms with Gasteiger partial charge in [-0.1, -0.05) is 11.6 Å². The topological polar surface area (TPSA) is 96.4 Å². The van der Waals surface area contributed by atoms with Crippen LogP contribution in [0.15, 0.2) is 51.0 Å². The lowest BCUT2D eigenvalue weighted by Gasteiger charge is -1.95. The van der Waals surface area contributed by atoms with Crippen LogP contribution in [0.5, 0.6) is 5.88 Å². The summed E-state index contributed by atoms with van der Waals surface area (Å²) in [5.74, 6) is 0.510. The standard InChI is InChI=1S/C13H9ClN4O3/c14-9-3-1-8(2-4-9)10-5-15-12(21-10)6-16-18-7-11(19)17-13(18)20/h1-7,19H,(H,17,20). The van der Waals surface area contributed by atoms with E-state index in [1.165, 1.54) is 6.21 Å². The molecule has 0 spiro atoms. The minimum Gasteiger partial charge on any atom is -0.493 e. The fraction of sp³-hybridized carbons (Fsp3) is 0. The molecule has 0 saturated carbocycles. The van der Waals surface area contributed by atoms with Crippen LogP contribution in [0.4, 0.5) is 0 Å². The minimum atomic E-state index is -0.562. The number of hydrogen-bond donors (Lipinski definition) is 2. The van der Waals surface area contributed by atoms with Crippen molar-refractivity contribution in [2.45, 2.75) is 0 Å². The Morgan fingerprint density at radius 1 is 1.38 bits per heavy atom. The Balaban J connectivity index is 1.83. The second-order valence-electron chi connectivity index (χ2n) is 4.10. The van der Waals surface area contributed by atoms with E-state index >= 15 is 0 Å². The van der Waals surface area contributed by atoms with Crippen molar-refractivity contribution in [3.63, 3.8) is 0 Å². The molecule has 3 rings (SSSR count). The number of hydrogen-bond acceptors (Lipinski definition) is 5. The van der Waals surface area contributed by atoms with Crippen molar-refractivity contribution < 1.29 is 9.52 Å². The zero-order valence-corrected chi connectivity index (χ0v) is 11.3. The summed E-state index contributed by atoms with van der Waals surface area (Å²) in [4.78, 5) is 17.5. The molecule has 2 aromatic heterocycles. The molecule has 0 fully saturated rings. The number of imidazole rings is 1. The summed E-state index contributed by atoms with van der Waals surface area (Å²) in [6.45, 7) is 0. The smallest absolute Gasteiger partial charge is 0.349 e. The van der Waals surface area contributed by atoms with Crippen molar-refractivity contribution >= 4 is 17.8 Å². The molecule has 0 radical (unpaired) electrons. The van der Waals surface area contributed by atoms with Gasteiger partial charge in [0.15, 0.2) is 5.76 Å². The van der Waals surface area contributed by atoms with Crippen LogP contribution < -0.4 is 5.69 Å². The highest BCUT2D eigenvalue weighted by Gasteiger charge is 2.05. The summed E-state index contributed by atoms with van der Waals surface area (Å²) >= 11 is 5.82. The predicted octanol–water partition coefficient (Wildman–Crippen LogP) is 2.07. The third kappa shape index (κ3) is 2.87. The molecule has 0 amide bonds. The molecule has 106 valence electrons. The number of nitrogens with zero attached hydrogens (tertiary/aromatic N) is 3. The highest BCUT2D eigenvalue weighted by Crippen LogP contribution is 2.21. The third-order valence-corrected chi connectivity index (χ3v) is 2.88. The number of halogens is 1. The molecular weight excluding hydrogens is 296 g/mol. The van der Waals surface area contributed by atoms with E-state index in [-0.39, 0.29) is 11.8 Å². The molecule has 0 unspecified atom stereocenters. The number of aromatic amines is 1. The third-order valence-electron chi connectivity index (χ3n) is 2.63. The molecule has 0 saturated heterocycles.